The van der Waals surface area contributed by atoms with Gasteiger partial charge in [0.2, 0.25) is 5.91 Å². The van der Waals surface area contributed by atoms with Crippen molar-refractivity contribution in [1.29, 1.82) is 0 Å². The number of fused-ring (bicyclic) bond motifs is 1. The summed E-state index contributed by atoms with van der Waals surface area (Å²) in [7, 11) is 0. The van der Waals surface area contributed by atoms with Crippen LogP contribution >= 0.6 is 0 Å². The summed E-state index contributed by atoms with van der Waals surface area (Å²) in [6, 6.07) is 18.6. The molecule has 0 aromatic heterocycles. The first-order valence-electron chi connectivity index (χ1n) is 16.3. The largest absolute Gasteiger partial charge is 0.493 e. The van der Waals surface area contributed by atoms with Gasteiger partial charge < -0.3 is 24.6 Å². The average molecular weight is 645 g/mol. The summed E-state index contributed by atoms with van der Waals surface area (Å²) >= 11 is 0. The predicted molar refractivity (Wildman–Crippen MR) is 181 cm³/mol. The number of hydrogen-bond acceptors (Lipinski definition) is 6. The number of carbonyl (C=O) groups excluding carboxylic acids is 2. The molecule has 2 atom stereocenters. The number of benzene rings is 3. The van der Waals surface area contributed by atoms with Crippen molar-refractivity contribution in [3.05, 3.63) is 89.0 Å². The smallest absolute Gasteiger partial charge is 0.410 e. The summed E-state index contributed by atoms with van der Waals surface area (Å²) in [4.78, 5) is 40.7. The van der Waals surface area contributed by atoms with Gasteiger partial charge in [0, 0.05) is 12.8 Å². The predicted octanol–water partition coefficient (Wildman–Crippen LogP) is 7.14. The average Bonchev–Trinajstić information content (AvgIpc) is 3.02. The van der Waals surface area contributed by atoms with E-state index in [2.05, 4.69) is 39.9 Å². The third kappa shape index (κ3) is 9.98. The SMILES string of the molecule is CC(C)COC(=O)N1Cc2cc(Oc3ccc(C(C)(C)C)cc3)ccc2C[C@H]1C(=O)NC(Cc1ccc(OCC(C)C)cc1)C(=O)O. The zero-order valence-electron chi connectivity index (χ0n) is 28.5. The molecule has 9 nitrogen and oxygen atoms in total. The number of amides is 2. The topological polar surface area (TPSA) is 114 Å². The summed E-state index contributed by atoms with van der Waals surface area (Å²) < 4.78 is 17.4. The first-order chi connectivity index (χ1) is 22.2. The maximum atomic E-state index is 13.7. The molecule has 1 aliphatic heterocycles. The molecule has 252 valence electrons. The minimum absolute atomic E-state index is 0.0270. The van der Waals surface area contributed by atoms with Crippen LogP contribution in [0.25, 0.3) is 0 Å². The van der Waals surface area contributed by atoms with Crippen LogP contribution in [0.2, 0.25) is 0 Å². The molecular formula is C38H48N2O7. The molecule has 1 unspecified atom stereocenters. The van der Waals surface area contributed by atoms with E-state index < -0.39 is 30.1 Å². The Morgan fingerprint density at radius 3 is 2.06 bits per heavy atom. The Labute approximate surface area is 278 Å². The number of nitrogens with one attached hydrogen (secondary N) is 1. The fraction of sp³-hybridized carbons (Fsp3) is 0.447. The molecule has 4 rings (SSSR count). The van der Waals surface area contributed by atoms with Crippen LogP contribution in [0.4, 0.5) is 4.79 Å². The normalized spacial score (nSPS) is 15.2. The Bertz CT molecular complexity index is 1530. The third-order valence-corrected chi connectivity index (χ3v) is 7.90. The van der Waals surface area contributed by atoms with E-state index in [1.807, 2.05) is 56.3 Å². The number of carboxylic acids is 1. The highest BCUT2D eigenvalue weighted by Gasteiger charge is 2.37. The number of aliphatic carboxylic acids is 1. The molecule has 3 aromatic carbocycles. The van der Waals surface area contributed by atoms with Crippen molar-refractivity contribution in [1.82, 2.24) is 10.2 Å². The summed E-state index contributed by atoms with van der Waals surface area (Å²) in [5, 5.41) is 12.7. The molecule has 0 bridgehead atoms. The molecule has 0 spiro atoms. The second-order valence-electron chi connectivity index (χ2n) is 14.1. The molecule has 0 aliphatic carbocycles. The summed E-state index contributed by atoms with van der Waals surface area (Å²) in [6.07, 6.45) is -0.353. The minimum Gasteiger partial charge on any atom is -0.493 e. The third-order valence-electron chi connectivity index (χ3n) is 7.90. The van der Waals surface area contributed by atoms with Crippen molar-refractivity contribution < 1.29 is 33.7 Å². The van der Waals surface area contributed by atoms with E-state index >= 15 is 0 Å². The standard InChI is InChI=1S/C38H48N2O7/c1-24(2)22-45-30-13-8-26(9-14-30)18-33(36(42)43)39-35(41)34-20-27-10-15-32(47-31-16-11-29(12-17-31)38(5,6)7)19-28(27)21-40(34)37(44)46-23-25(3)4/h8-17,19,24-25,33-34H,18,20-23H2,1-7H3,(H,39,41)(H,42,43)/t33?,34-/m0/s1. The van der Waals surface area contributed by atoms with Gasteiger partial charge in [-0.25, -0.2) is 9.59 Å². The number of carboxylic acid groups (broad SMARTS) is 1. The quantitative estimate of drug-likeness (QED) is 0.215. The van der Waals surface area contributed by atoms with E-state index in [9.17, 15) is 19.5 Å². The van der Waals surface area contributed by atoms with Gasteiger partial charge in [-0.2, -0.15) is 0 Å². The van der Waals surface area contributed by atoms with Gasteiger partial charge in [-0.3, -0.25) is 9.69 Å². The van der Waals surface area contributed by atoms with Gasteiger partial charge >= 0.3 is 12.1 Å². The lowest BCUT2D eigenvalue weighted by atomic mass is 9.87. The Hall–Kier alpha value is -4.53. The second-order valence-corrected chi connectivity index (χ2v) is 14.1. The molecule has 47 heavy (non-hydrogen) atoms. The number of rotatable bonds is 12. The van der Waals surface area contributed by atoms with E-state index in [1.165, 1.54) is 10.5 Å². The number of hydrogen-bond donors (Lipinski definition) is 2. The van der Waals surface area contributed by atoms with Gasteiger partial charge in [-0.15, -0.1) is 0 Å². The van der Waals surface area contributed by atoms with Crippen molar-refractivity contribution in [3.63, 3.8) is 0 Å². The summed E-state index contributed by atoms with van der Waals surface area (Å²) in [6.45, 7) is 15.3. The van der Waals surface area contributed by atoms with Crippen LogP contribution in [0.15, 0.2) is 66.7 Å². The van der Waals surface area contributed by atoms with Crippen molar-refractivity contribution in [2.45, 2.75) is 85.4 Å². The van der Waals surface area contributed by atoms with Crippen LogP contribution in [-0.4, -0.2) is 53.3 Å². The monoisotopic (exact) mass is 644 g/mol. The Kier molecular flexibility index (Phi) is 11.6. The molecule has 3 aromatic rings. The molecule has 0 saturated carbocycles. The summed E-state index contributed by atoms with van der Waals surface area (Å²) in [5.74, 6) is 0.755. The molecule has 0 fully saturated rings. The van der Waals surface area contributed by atoms with Crippen molar-refractivity contribution in [2.24, 2.45) is 11.8 Å². The van der Waals surface area contributed by atoms with E-state index in [1.54, 1.807) is 24.3 Å². The van der Waals surface area contributed by atoms with Gasteiger partial charge in [0.25, 0.3) is 0 Å². The zero-order valence-corrected chi connectivity index (χ0v) is 28.5. The number of nitrogens with zero attached hydrogens (tertiary/aromatic N) is 1. The molecule has 1 aliphatic rings. The van der Waals surface area contributed by atoms with Crippen molar-refractivity contribution >= 4 is 18.0 Å². The van der Waals surface area contributed by atoms with Gasteiger partial charge in [0.1, 0.15) is 29.3 Å². The molecule has 1 heterocycles. The molecule has 0 saturated heterocycles. The first kappa shape index (κ1) is 35.3. The van der Waals surface area contributed by atoms with E-state index in [-0.39, 0.29) is 37.3 Å². The van der Waals surface area contributed by atoms with Crippen LogP contribution in [0.3, 0.4) is 0 Å². The summed E-state index contributed by atoms with van der Waals surface area (Å²) in [5.41, 5.74) is 3.66. The van der Waals surface area contributed by atoms with Crippen LogP contribution in [-0.2, 0) is 39.1 Å². The molecule has 2 amide bonds. The lowest BCUT2D eigenvalue weighted by Crippen LogP contribution is -2.56. The van der Waals surface area contributed by atoms with Crippen molar-refractivity contribution in [2.75, 3.05) is 13.2 Å². The minimum atomic E-state index is -1.19. The fourth-order valence-electron chi connectivity index (χ4n) is 5.22. The Balaban J connectivity index is 1.51. The Morgan fingerprint density at radius 1 is 0.851 bits per heavy atom. The molecule has 9 heteroatoms. The van der Waals surface area contributed by atoms with Crippen LogP contribution in [0.5, 0.6) is 17.2 Å². The fourth-order valence-corrected chi connectivity index (χ4v) is 5.22. The van der Waals surface area contributed by atoms with E-state index in [0.29, 0.717) is 29.8 Å². The van der Waals surface area contributed by atoms with E-state index in [4.69, 9.17) is 14.2 Å². The number of carbonyl (C=O) groups is 3. The van der Waals surface area contributed by atoms with Gasteiger partial charge in [0.15, 0.2) is 0 Å². The highest BCUT2D eigenvalue weighted by atomic mass is 16.6. The first-order valence-corrected chi connectivity index (χ1v) is 16.3. The zero-order chi connectivity index (χ0) is 34.3. The van der Waals surface area contributed by atoms with Gasteiger partial charge in [-0.05, 0) is 75.9 Å². The lowest BCUT2D eigenvalue weighted by Gasteiger charge is -2.36. The van der Waals surface area contributed by atoms with Crippen LogP contribution in [0, 0.1) is 11.8 Å². The number of ether oxygens (including phenoxy) is 3. The van der Waals surface area contributed by atoms with Crippen LogP contribution in [0.1, 0.15) is 70.7 Å². The maximum absolute atomic E-state index is 13.7. The maximum Gasteiger partial charge on any atom is 0.410 e. The van der Waals surface area contributed by atoms with Crippen molar-refractivity contribution in [3.8, 4) is 17.2 Å². The molecular weight excluding hydrogens is 596 g/mol. The highest BCUT2D eigenvalue weighted by Crippen LogP contribution is 2.31. The second kappa shape index (κ2) is 15.4. The molecule has 0 radical (unpaired) electrons. The van der Waals surface area contributed by atoms with Crippen LogP contribution < -0.4 is 14.8 Å². The Morgan fingerprint density at radius 2 is 1.47 bits per heavy atom. The van der Waals surface area contributed by atoms with Gasteiger partial charge in [-0.1, -0.05) is 78.8 Å². The lowest BCUT2D eigenvalue weighted by molar-refractivity contribution is -0.142. The van der Waals surface area contributed by atoms with E-state index in [0.717, 1.165) is 16.7 Å². The highest BCUT2D eigenvalue weighted by molar-refractivity contribution is 5.90. The van der Waals surface area contributed by atoms with Gasteiger partial charge in [0.05, 0.1) is 19.8 Å². The molecule has 2 N–H and O–H groups in total.